The second-order valence-corrected chi connectivity index (χ2v) is 7.58. The van der Waals surface area contributed by atoms with Crippen LogP contribution in [0.2, 0.25) is 0 Å². The molecule has 0 unspecified atom stereocenters. The number of aromatic nitrogens is 2. The summed E-state index contributed by atoms with van der Waals surface area (Å²) in [7, 11) is -3.43. The van der Waals surface area contributed by atoms with Crippen LogP contribution in [0.4, 0.5) is 5.69 Å². The van der Waals surface area contributed by atoms with E-state index in [1.807, 2.05) is 0 Å². The monoisotopic (exact) mass is 365 g/mol. The average Bonchev–Trinajstić information content (AvgIpc) is 2.79. The van der Waals surface area contributed by atoms with Crippen molar-refractivity contribution in [2.45, 2.75) is 10.6 Å². The molecule has 21 heavy (non-hydrogen) atoms. The highest BCUT2D eigenvalue weighted by Gasteiger charge is 2.17. The van der Waals surface area contributed by atoms with Crippen LogP contribution < -0.4 is 5.73 Å². The Labute approximate surface area is 130 Å². The van der Waals surface area contributed by atoms with Crippen molar-refractivity contribution in [3.63, 3.8) is 0 Å². The van der Waals surface area contributed by atoms with Crippen LogP contribution >= 0.6 is 15.9 Å². The lowest BCUT2D eigenvalue weighted by atomic mass is 10.3. The highest BCUT2D eigenvalue weighted by molar-refractivity contribution is 9.10. The fourth-order valence-electron chi connectivity index (χ4n) is 2.05. The first-order chi connectivity index (χ1) is 9.94. The minimum absolute atomic E-state index is 0.177. The molecule has 5 nitrogen and oxygen atoms in total. The molecule has 7 heteroatoms. The van der Waals surface area contributed by atoms with Crippen LogP contribution in [0.25, 0.3) is 11.0 Å². The first-order valence-electron chi connectivity index (χ1n) is 6.16. The summed E-state index contributed by atoms with van der Waals surface area (Å²) in [6.07, 6.45) is 0. The summed E-state index contributed by atoms with van der Waals surface area (Å²) in [4.78, 5) is 7.55. The molecule has 0 amide bonds. The molecular formula is C14H12BrN3O2S. The third-order valence-electron chi connectivity index (χ3n) is 3.05. The number of halogens is 1. The molecule has 108 valence electrons. The van der Waals surface area contributed by atoms with E-state index in [1.54, 1.807) is 42.5 Å². The Morgan fingerprint density at radius 2 is 1.86 bits per heavy atom. The van der Waals surface area contributed by atoms with Gasteiger partial charge in [-0.1, -0.05) is 15.9 Å². The quantitative estimate of drug-likeness (QED) is 0.698. The van der Waals surface area contributed by atoms with E-state index < -0.39 is 9.84 Å². The number of anilines is 1. The van der Waals surface area contributed by atoms with Crippen molar-refractivity contribution in [3.8, 4) is 0 Å². The fourth-order valence-corrected chi connectivity index (χ4v) is 3.53. The van der Waals surface area contributed by atoms with Crippen LogP contribution in [0.3, 0.4) is 0 Å². The number of fused-ring (bicyclic) bond motifs is 1. The van der Waals surface area contributed by atoms with E-state index in [0.29, 0.717) is 17.0 Å². The van der Waals surface area contributed by atoms with Gasteiger partial charge in [0.1, 0.15) is 11.6 Å². The van der Waals surface area contributed by atoms with Crippen molar-refractivity contribution in [1.29, 1.82) is 0 Å². The number of rotatable bonds is 3. The molecule has 0 aliphatic carbocycles. The fraction of sp³-hybridized carbons (Fsp3) is 0.0714. The third kappa shape index (κ3) is 2.93. The molecule has 3 rings (SSSR count). The van der Waals surface area contributed by atoms with E-state index in [-0.39, 0.29) is 10.6 Å². The average molecular weight is 366 g/mol. The minimum atomic E-state index is -3.43. The first-order valence-corrected chi connectivity index (χ1v) is 8.61. The molecule has 0 saturated carbocycles. The van der Waals surface area contributed by atoms with Crippen molar-refractivity contribution in [2.24, 2.45) is 0 Å². The molecule has 0 saturated heterocycles. The highest BCUT2D eigenvalue weighted by atomic mass is 79.9. The Morgan fingerprint density at radius 1 is 1.14 bits per heavy atom. The Morgan fingerprint density at radius 3 is 2.57 bits per heavy atom. The van der Waals surface area contributed by atoms with Crippen LogP contribution in [0, 0.1) is 0 Å². The van der Waals surface area contributed by atoms with Crippen molar-refractivity contribution in [3.05, 3.63) is 52.8 Å². The van der Waals surface area contributed by atoms with E-state index in [9.17, 15) is 8.42 Å². The molecule has 0 bridgehead atoms. The summed E-state index contributed by atoms with van der Waals surface area (Å²) in [5.74, 6) is 0.224. The SMILES string of the molecule is Nc1ccc2nc(CS(=O)(=O)c3ccc(Br)cc3)[nH]c2c1. The molecule has 0 aliphatic rings. The minimum Gasteiger partial charge on any atom is -0.399 e. The number of hydrogen-bond acceptors (Lipinski definition) is 4. The maximum Gasteiger partial charge on any atom is 0.185 e. The van der Waals surface area contributed by atoms with Gasteiger partial charge in [-0.05, 0) is 42.5 Å². The second-order valence-electron chi connectivity index (χ2n) is 4.67. The van der Waals surface area contributed by atoms with Crippen LogP contribution in [0.15, 0.2) is 51.8 Å². The predicted molar refractivity (Wildman–Crippen MR) is 85.5 cm³/mol. The molecule has 3 N–H and O–H groups in total. The Hall–Kier alpha value is -1.86. The maximum absolute atomic E-state index is 12.4. The first kappa shape index (κ1) is 14.1. The summed E-state index contributed by atoms with van der Waals surface area (Å²) < 4.78 is 25.5. The van der Waals surface area contributed by atoms with Crippen LogP contribution in [0.5, 0.6) is 0 Å². The topological polar surface area (TPSA) is 88.8 Å². The molecule has 3 aromatic rings. The summed E-state index contributed by atoms with van der Waals surface area (Å²) in [5.41, 5.74) is 7.73. The normalized spacial score (nSPS) is 11.9. The van der Waals surface area contributed by atoms with Crippen molar-refractivity contribution < 1.29 is 8.42 Å². The van der Waals surface area contributed by atoms with Gasteiger partial charge < -0.3 is 10.7 Å². The third-order valence-corrected chi connectivity index (χ3v) is 5.23. The number of nitrogen functional groups attached to an aromatic ring is 1. The Bertz CT molecular complexity index is 902. The van der Waals surface area contributed by atoms with Gasteiger partial charge >= 0.3 is 0 Å². The number of hydrogen-bond donors (Lipinski definition) is 2. The Balaban J connectivity index is 1.95. The number of nitrogens with two attached hydrogens (primary N) is 1. The number of H-pyrrole nitrogens is 1. The molecule has 0 atom stereocenters. The standard InChI is InChI=1S/C14H12BrN3O2S/c15-9-1-4-11(5-2-9)21(19,20)8-14-17-12-6-3-10(16)7-13(12)18-14/h1-7H,8,16H2,(H,17,18). The summed E-state index contributed by atoms with van der Waals surface area (Å²) >= 11 is 3.28. The number of nitrogens with one attached hydrogen (secondary N) is 1. The number of imidazole rings is 1. The van der Waals surface area contributed by atoms with Gasteiger partial charge in [0.15, 0.2) is 9.84 Å². The number of aromatic amines is 1. The summed E-state index contributed by atoms with van der Waals surface area (Å²) in [6, 6.07) is 11.8. The lowest BCUT2D eigenvalue weighted by molar-refractivity contribution is 0.594. The van der Waals surface area contributed by atoms with Crippen LogP contribution in [0.1, 0.15) is 5.82 Å². The Kier molecular flexibility index (Phi) is 3.46. The van der Waals surface area contributed by atoms with Gasteiger partial charge in [-0.25, -0.2) is 13.4 Å². The van der Waals surface area contributed by atoms with E-state index in [4.69, 9.17) is 5.73 Å². The molecule has 1 heterocycles. The smallest absolute Gasteiger partial charge is 0.185 e. The van der Waals surface area contributed by atoms with E-state index in [2.05, 4.69) is 25.9 Å². The molecule has 0 aliphatic heterocycles. The second kappa shape index (κ2) is 5.16. The van der Waals surface area contributed by atoms with Gasteiger partial charge in [0, 0.05) is 10.2 Å². The summed E-state index contributed by atoms with van der Waals surface area (Å²) in [5, 5.41) is 0. The molecule has 2 aromatic carbocycles. The predicted octanol–water partition coefficient (Wildman–Crippen LogP) is 2.88. The van der Waals surface area contributed by atoms with Gasteiger partial charge in [0.05, 0.1) is 15.9 Å². The van der Waals surface area contributed by atoms with E-state index in [0.717, 1.165) is 9.99 Å². The lowest BCUT2D eigenvalue weighted by Gasteiger charge is -2.02. The zero-order valence-electron chi connectivity index (χ0n) is 10.9. The number of nitrogens with zero attached hydrogens (tertiary/aromatic N) is 1. The van der Waals surface area contributed by atoms with E-state index in [1.165, 1.54) is 0 Å². The highest BCUT2D eigenvalue weighted by Crippen LogP contribution is 2.20. The number of benzene rings is 2. The molecule has 0 radical (unpaired) electrons. The van der Waals surface area contributed by atoms with Crippen molar-refractivity contribution in [1.82, 2.24) is 9.97 Å². The zero-order chi connectivity index (χ0) is 15.0. The lowest BCUT2D eigenvalue weighted by Crippen LogP contribution is -2.06. The van der Waals surface area contributed by atoms with Crippen molar-refractivity contribution in [2.75, 3.05) is 5.73 Å². The van der Waals surface area contributed by atoms with Gasteiger partial charge in [0.25, 0.3) is 0 Å². The van der Waals surface area contributed by atoms with Gasteiger partial charge in [-0.2, -0.15) is 0 Å². The molecule has 1 aromatic heterocycles. The molecular weight excluding hydrogens is 354 g/mol. The molecule has 0 fully saturated rings. The largest absolute Gasteiger partial charge is 0.399 e. The zero-order valence-corrected chi connectivity index (χ0v) is 13.3. The number of sulfone groups is 1. The van der Waals surface area contributed by atoms with E-state index >= 15 is 0 Å². The van der Waals surface area contributed by atoms with Crippen molar-refractivity contribution >= 4 is 42.5 Å². The van der Waals surface area contributed by atoms with Crippen LogP contribution in [-0.2, 0) is 15.6 Å². The van der Waals surface area contributed by atoms with Gasteiger partial charge in [0.2, 0.25) is 0 Å². The van der Waals surface area contributed by atoms with Gasteiger partial charge in [-0.3, -0.25) is 0 Å². The van der Waals surface area contributed by atoms with Gasteiger partial charge in [-0.15, -0.1) is 0 Å². The summed E-state index contributed by atoms with van der Waals surface area (Å²) in [6.45, 7) is 0. The maximum atomic E-state index is 12.4. The van der Waals surface area contributed by atoms with Crippen LogP contribution in [-0.4, -0.2) is 18.4 Å². The molecule has 0 spiro atoms.